The highest BCUT2D eigenvalue weighted by molar-refractivity contribution is 7.08. The van der Waals surface area contributed by atoms with Gasteiger partial charge in [-0.1, -0.05) is 16.8 Å². The first-order valence-electron chi connectivity index (χ1n) is 7.92. The minimum atomic E-state index is -0.102. The molecule has 4 aromatic heterocycles. The van der Waals surface area contributed by atoms with Gasteiger partial charge in [-0.05, 0) is 23.6 Å². The van der Waals surface area contributed by atoms with Crippen LogP contribution in [0.5, 0.6) is 0 Å². The Labute approximate surface area is 157 Å². The molecule has 0 aromatic carbocycles. The van der Waals surface area contributed by atoms with Gasteiger partial charge in [0.05, 0.1) is 17.3 Å². The summed E-state index contributed by atoms with van der Waals surface area (Å²) in [6.07, 6.45) is 4.27. The molecule has 9 heteroatoms. The summed E-state index contributed by atoms with van der Waals surface area (Å²) in [5, 5.41) is 11.3. The van der Waals surface area contributed by atoms with Crippen molar-refractivity contribution in [3.8, 4) is 11.4 Å². The Morgan fingerprint density at radius 3 is 3.04 bits per heavy atom. The van der Waals surface area contributed by atoms with Crippen molar-refractivity contribution in [3.63, 3.8) is 0 Å². The maximum atomic E-state index is 12.0. The van der Waals surface area contributed by atoms with Crippen LogP contribution in [0.1, 0.15) is 18.0 Å². The van der Waals surface area contributed by atoms with Gasteiger partial charge in [0.2, 0.25) is 17.6 Å². The monoisotopic (exact) mass is 387 g/mol. The average molecular weight is 388 g/mol. The number of hydrogen-bond donors (Lipinski definition) is 1. The molecule has 0 saturated carbocycles. The molecule has 4 rings (SSSR count). The van der Waals surface area contributed by atoms with E-state index >= 15 is 0 Å². The Hall–Kier alpha value is -2.71. The number of pyridine rings is 1. The van der Waals surface area contributed by atoms with Gasteiger partial charge in [0.25, 0.3) is 0 Å². The van der Waals surface area contributed by atoms with Gasteiger partial charge in [0.15, 0.2) is 0 Å². The molecule has 0 spiro atoms. The number of fused-ring (bicyclic) bond motifs is 1. The van der Waals surface area contributed by atoms with Gasteiger partial charge in [-0.2, -0.15) is 16.3 Å². The first kappa shape index (κ1) is 16.7. The first-order chi connectivity index (χ1) is 12.7. The topological polar surface area (TPSA) is 85.3 Å². The number of aromatic nitrogens is 4. The molecule has 4 aromatic rings. The van der Waals surface area contributed by atoms with E-state index in [1.807, 2.05) is 33.5 Å². The zero-order chi connectivity index (χ0) is 17.9. The van der Waals surface area contributed by atoms with E-state index in [9.17, 15) is 4.79 Å². The number of nitrogens with zero attached hydrogens (tertiary/aromatic N) is 4. The predicted molar refractivity (Wildman–Crippen MR) is 98.0 cm³/mol. The maximum absolute atomic E-state index is 12.0. The molecule has 0 unspecified atom stereocenters. The first-order valence-corrected chi connectivity index (χ1v) is 9.24. The van der Waals surface area contributed by atoms with Crippen molar-refractivity contribution in [1.82, 2.24) is 24.8 Å². The van der Waals surface area contributed by atoms with E-state index in [1.54, 1.807) is 23.6 Å². The Balaban J connectivity index is 1.30. The van der Waals surface area contributed by atoms with E-state index in [2.05, 4.69) is 20.4 Å². The molecule has 7 nitrogen and oxygen atoms in total. The van der Waals surface area contributed by atoms with Crippen molar-refractivity contribution in [3.05, 3.63) is 58.0 Å². The number of carbonyl (C=O) groups is 1. The zero-order valence-electron chi connectivity index (χ0n) is 13.6. The van der Waals surface area contributed by atoms with Crippen LogP contribution in [0.3, 0.4) is 0 Å². The van der Waals surface area contributed by atoms with Gasteiger partial charge in [0.1, 0.15) is 5.65 Å². The second kappa shape index (κ2) is 7.27. The second-order valence-corrected chi connectivity index (χ2v) is 6.86. The summed E-state index contributed by atoms with van der Waals surface area (Å²) in [5.74, 6) is 0.893. The predicted octanol–water partition coefficient (Wildman–Crippen LogP) is 3.35. The molecule has 0 radical (unpaired) electrons. The number of hydrogen-bond acceptors (Lipinski definition) is 6. The molecule has 1 N–H and O–H groups in total. The van der Waals surface area contributed by atoms with Crippen molar-refractivity contribution in [2.45, 2.75) is 19.4 Å². The molecule has 0 aliphatic heterocycles. The SMILES string of the molecule is O=C(CCc1nc(-c2ccsc2)no1)NCc1cn2cc(Cl)ccc2n1. The zero-order valence-corrected chi connectivity index (χ0v) is 15.1. The fourth-order valence-electron chi connectivity index (χ4n) is 2.47. The summed E-state index contributed by atoms with van der Waals surface area (Å²) >= 11 is 7.52. The Morgan fingerprint density at radius 2 is 2.19 bits per heavy atom. The normalized spacial score (nSPS) is 11.1. The second-order valence-electron chi connectivity index (χ2n) is 5.65. The van der Waals surface area contributed by atoms with E-state index in [0.29, 0.717) is 29.7 Å². The van der Waals surface area contributed by atoms with Gasteiger partial charge in [-0.25, -0.2) is 4.98 Å². The van der Waals surface area contributed by atoms with Gasteiger partial charge >= 0.3 is 0 Å². The average Bonchev–Trinajstić information content (AvgIpc) is 3.36. The van der Waals surface area contributed by atoms with Crippen molar-refractivity contribution < 1.29 is 9.32 Å². The molecular formula is C17H14ClN5O2S. The van der Waals surface area contributed by atoms with E-state index < -0.39 is 0 Å². The number of nitrogens with one attached hydrogen (secondary N) is 1. The fraction of sp³-hybridized carbons (Fsp3) is 0.176. The lowest BCUT2D eigenvalue weighted by Gasteiger charge is -2.01. The van der Waals surface area contributed by atoms with Crippen LogP contribution in [0.2, 0.25) is 5.02 Å². The highest BCUT2D eigenvalue weighted by Gasteiger charge is 2.11. The lowest BCUT2D eigenvalue weighted by molar-refractivity contribution is -0.121. The number of imidazole rings is 1. The number of thiophene rings is 1. The fourth-order valence-corrected chi connectivity index (χ4v) is 3.27. The Morgan fingerprint density at radius 1 is 1.27 bits per heavy atom. The molecule has 4 heterocycles. The summed E-state index contributed by atoms with van der Waals surface area (Å²) in [7, 11) is 0. The van der Waals surface area contributed by atoms with Crippen LogP contribution in [0.15, 0.2) is 45.9 Å². The van der Waals surface area contributed by atoms with E-state index in [1.165, 1.54) is 0 Å². The molecule has 0 aliphatic carbocycles. The van der Waals surface area contributed by atoms with Crippen molar-refractivity contribution >= 4 is 34.5 Å². The largest absolute Gasteiger partial charge is 0.350 e. The van der Waals surface area contributed by atoms with Crippen LogP contribution in [0.4, 0.5) is 0 Å². The number of carbonyl (C=O) groups excluding carboxylic acids is 1. The molecule has 0 saturated heterocycles. The highest BCUT2D eigenvalue weighted by Crippen LogP contribution is 2.19. The maximum Gasteiger partial charge on any atom is 0.227 e. The summed E-state index contributed by atoms with van der Waals surface area (Å²) in [6, 6.07) is 5.53. The molecule has 0 atom stereocenters. The Bertz CT molecular complexity index is 1040. The van der Waals surface area contributed by atoms with E-state index in [0.717, 1.165) is 16.9 Å². The molecule has 26 heavy (non-hydrogen) atoms. The number of amides is 1. The van der Waals surface area contributed by atoms with Crippen LogP contribution in [0.25, 0.3) is 17.0 Å². The summed E-state index contributed by atoms with van der Waals surface area (Å²) in [5.41, 5.74) is 2.46. The van der Waals surface area contributed by atoms with Crippen molar-refractivity contribution in [2.24, 2.45) is 0 Å². The van der Waals surface area contributed by atoms with E-state index in [-0.39, 0.29) is 12.3 Å². The van der Waals surface area contributed by atoms with Crippen molar-refractivity contribution in [2.75, 3.05) is 0 Å². The third-order valence-corrected chi connectivity index (χ3v) is 4.65. The molecule has 132 valence electrons. The molecule has 0 aliphatic rings. The number of halogens is 1. The third-order valence-electron chi connectivity index (χ3n) is 3.74. The summed E-state index contributed by atoms with van der Waals surface area (Å²) < 4.78 is 7.02. The molecule has 0 bridgehead atoms. The standard InChI is InChI=1S/C17H14ClN5O2S/c18-12-1-2-14-20-13(9-23(14)8-12)7-19-15(24)3-4-16-21-17(22-25-16)11-5-6-26-10-11/h1-2,5-6,8-10H,3-4,7H2,(H,19,24). The quantitative estimate of drug-likeness (QED) is 0.548. The van der Waals surface area contributed by atoms with Gasteiger partial charge < -0.3 is 14.2 Å². The Kier molecular flexibility index (Phi) is 4.68. The molecule has 0 fully saturated rings. The molecule has 1 amide bonds. The lowest BCUT2D eigenvalue weighted by Crippen LogP contribution is -2.23. The van der Waals surface area contributed by atoms with Crippen LogP contribution < -0.4 is 5.32 Å². The number of aryl methyl sites for hydroxylation is 1. The minimum Gasteiger partial charge on any atom is -0.350 e. The van der Waals surface area contributed by atoms with Crippen LogP contribution in [-0.4, -0.2) is 25.4 Å². The lowest BCUT2D eigenvalue weighted by atomic mass is 10.3. The van der Waals surface area contributed by atoms with Crippen LogP contribution >= 0.6 is 22.9 Å². The molecular weight excluding hydrogens is 374 g/mol. The minimum absolute atomic E-state index is 0.102. The highest BCUT2D eigenvalue weighted by atomic mass is 35.5. The number of rotatable bonds is 6. The third kappa shape index (κ3) is 3.76. The van der Waals surface area contributed by atoms with Crippen molar-refractivity contribution in [1.29, 1.82) is 0 Å². The van der Waals surface area contributed by atoms with E-state index in [4.69, 9.17) is 16.1 Å². The smallest absolute Gasteiger partial charge is 0.227 e. The summed E-state index contributed by atoms with van der Waals surface area (Å²) in [4.78, 5) is 20.8. The van der Waals surface area contributed by atoms with Gasteiger partial charge in [-0.15, -0.1) is 0 Å². The van der Waals surface area contributed by atoms with Gasteiger partial charge in [0, 0.05) is 36.2 Å². The summed E-state index contributed by atoms with van der Waals surface area (Å²) in [6.45, 7) is 0.349. The van der Waals surface area contributed by atoms with Crippen LogP contribution in [-0.2, 0) is 17.8 Å². The van der Waals surface area contributed by atoms with Gasteiger partial charge in [-0.3, -0.25) is 4.79 Å². The van der Waals surface area contributed by atoms with Crippen LogP contribution in [0, 0.1) is 0 Å².